The lowest BCUT2D eigenvalue weighted by molar-refractivity contribution is 0.0969. The summed E-state index contributed by atoms with van der Waals surface area (Å²) in [5, 5.41) is 12.9. The first-order valence-corrected chi connectivity index (χ1v) is 11.5. The first-order chi connectivity index (χ1) is 17.5. The van der Waals surface area contributed by atoms with E-state index in [1.165, 1.54) is 23.9 Å². The van der Waals surface area contributed by atoms with Crippen LogP contribution in [0.4, 0.5) is 8.78 Å². The molecule has 0 bridgehead atoms. The van der Waals surface area contributed by atoms with Crippen LogP contribution in [0.15, 0.2) is 79.0 Å². The van der Waals surface area contributed by atoms with Crippen LogP contribution in [-0.2, 0) is 12.8 Å². The monoisotopic (exact) mass is 493 g/mol. The Kier molecular flexibility index (Phi) is 10.00. The zero-order chi connectivity index (χ0) is 25.8. The quantitative estimate of drug-likeness (QED) is 0.188. The zero-order valence-electron chi connectivity index (χ0n) is 20.0. The molecule has 3 aromatic carbocycles. The van der Waals surface area contributed by atoms with Crippen LogP contribution in [0.5, 0.6) is 11.5 Å². The van der Waals surface area contributed by atoms with Crippen molar-refractivity contribution in [2.75, 3.05) is 20.3 Å². The van der Waals surface area contributed by atoms with Gasteiger partial charge in [0.25, 0.3) is 5.91 Å². The van der Waals surface area contributed by atoms with Gasteiger partial charge in [0.05, 0.1) is 13.7 Å². The standard InChI is InChI=1S/C28H29F2N3O3/c1-35-22-11-7-20(8-12-22)4-3-19-36-23-13-9-21(10-14-23)15-17-32-18-16-26(31)33-28(34)27-24(29)5-2-6-25(27)30/h2,5-14,16,18,32H,3-4,15,17,19H2,1H3,(H2,31,33,34)/b18-16-. The minimum absolute atomic E-state index is 0.288. The Labute approximate surface area is 209 Å². The van der Waals surface area contributed by atoms with Crippen molar-refractivity contribution in [3.8, 4) is 11.5 Å². The van der Waals surface area contributed by atoms with Gasteiger partial charge in [-0.2, -0.15) is 0 Å². The molecule has 188 valence electrons. The van der Waals surface area contributed by atoms with Gasteiger partial charge in [0.2, 0.25) is 0 Å². The molecule has 3 N–H and O–H groups in total. The first-order valence-electron chi connectivity index (χ1n) is 11.5. The van der Waals surface area contributed by atoms with E-state index in [0.717, 1.165) is 48.5 Å². The minimum atomic E-state index is -1.01. The predicted octanol–water partition coefficient (Wildman–Crippen LogP) is 5.04. The molecule has 0 radical (unpaired) electrons. The third-order valence-corrected chi connectivity index (χ3v) is 5.32. The maximum Gasteiger partial charge on any atom is 0.262 e. The second-order valence-corrected chi connectivity index (χ2v) is 7.95. The molecule has 0 aliphatic rings. The molecule has 0 spiro atoms. The molecule has 0 aliphatic heterocycles. The summed E-state index contributed by atoms with van der Waals surface area (Å²) in [6.07, 6.45) is 5.39. The molecule has 6 nitrogen and oxygen atoms in total. The fraction of sp³-hybridized carbons (Fsp3) is 0.214. The molecule has 3 aromatic rings. The lowest BCUT2D eigenvalue weighted by Crippen LogP contribution is -2.30. The Morgan fingerprint density at radius 3 is 2.17 bits per heavy atom. The highest BCUT2D eigenvalue weighted by Crippen LogP contribution is 2.15. The van der Waals surface area contributed by atoms with Gasteiger partial charge in [0.1, 0.15) is 34.5 Å². The summed E-state index contributed by atoms with van der Waals surface area (Å²) in [4.78, 5) is 12.0. The second kappa shape index (κ2) is 13.6. The van der Waals surface area contributed by atoms with Crippen LogP contribution in [0.25, 0.3) is 0 Å². The molecule has 0 fully saturated rings. The first kappa shape index (κ1) is 26.4. The molecular formula is C28H29F2N3O3. The summed E-state index contributed by atoms with van der Waals surface area (Å²) in [6.45, 7) is 1.23. The number of amidine groups is 1. The van der Waals surface area contributed by atoms with E-state index < -0.39 is 23.1 Å². The number of carbonyl (C=O) groups is 1. The number of aryl methyl sites for hydroxylation is 1. The van der Waals surface area contributed by atoms with Crippen molar-refractivity contribution < 1.29 is 23.0 Å². The van der Waals surface area contributed by atoms with E-state index in [0.29, 0.717) is 13.2 Å². The molecule has 0 heterocycles. The Morgan fingerprint density at radius 1 is 0.917 bits per heavy atom. The fourth-order valence-electron chi connectivity index (χ4n) is 3.39. The van der Waals surface area contributed by atoms with Gasteiger partial charge in [-0.1, -0.05) is 30.3 Å². The number of nitrogens with one attached hydrogen (secondary N) is 3. The van der Waals surface area contributed by atoms with Crippen LogP contribution in [0.2, 0.25) is 0 Å². The molecule has 8 heteroatoms. The normalized spacial score (nSPS) is 10.8. The molecule has 0 saturated carbocycles. The lowest BCUT2D eigenvalue weighted by atomic mass is 10.1. The van der Waals surface area contributed by atoms with Crippen LogP contribution >= 0.6 is 0 Å². The molecule has 3 rings (SSSR count). The Bertz CT molecular complexity index is 1160. The third-order valence-electron chi connectivity index (χ3n) is 5.32. The number of carbonyl (C=O) groups excluding carboxylic acids is 1. The van der Waals surface area contributed by atoms with Crippen molar-refractivity contribution in [1.29, 1.82) is 5.41 Å². The summed E-state index contributed by atoms with van der Waals surface area (Å²) < 4.78 is 38.3. The van der Waals surface area contributed by atoms with Gasteiger partial charge in [-0.3, -0.25) is 10.2 Å². The van der Waals surface area contributed by atoms with Gasteiger partial charge in [0.15, 0.2) is 0 Å². The van der Waals surface area contributed by atoms with Crippen LogP contribution in [0.1, 0.15) is 27.9 Å². The van der Waals surface area contributed by atoms with Crippen molar-refractivity contribution >= 4 is 11.7 Å². The van der Waals surface area contributed by atoms with E-state index in [1.807, 2.05) is 36.4 Å². The average molecular weight is 494 g/mol. The number of hydrogen-bond donors (Lipinski definition) is 3. The average Bonchev–Trinajstić information content (AvgIpc) is 2.87. The van der Waals surface area contributed by atoms with Gasteiger partial charge in [0, 0.05) is 12.7 Å². The number of benzene rings is 3. The highest BCUT2D eigenvalue weighted by molar-refractivity contribution is 6.09. The molecule has 0 unspecified atom stereocenters. The highest BCUT2D eigenvalue weighted by atomic mass is 19.1. The van der Waals surface area contributed by atoms with Gasteiger partial charge in [-0.25, -0.2) is 8.78 Å². The molecule has 0 atom stereocenters. The molecular weight excluding hydrogens is 464 g/mol. The number of amides is 1. The van der Waals surface area contributed by atoms with E-state index in [4.69, 9.17) is 14.9 Å². The summed E-state index contributed by atoms with van der Waals surface area (Å²) in [5.41, 5.74) is 1.64. The highest BCUT2D eigenvalue weighted by Gasteiger charge is 2.17. The SMILES string of the molecule is COc1ccc(CCCOc2ccc(CCN/C=C\C(=N)NC(=O)c3c(F)cccc3F)cc2)cc1. The minimum Gasteiger partial charge on any atom is -0.497 e. The van der Waals surface area contributed by atoms with Gasteiger partial charge >= 0.3 is 0 Å². The molecule has 0 aromatic heterocycles. The van der Waals surface area contributed by atoms with E-state index in [9.17, 15) is 13.6 Å². The summed E-state index contributed by atoms with van der Waals surface area (Å²) in [6, 6.07) is 19.0. The topological polar surface area (TPSA) is 83.4 Å². The van der Waals surface area contributed by atoms with Crippen LogP contribution < -0.4 is 20.1 Å². The van der Waals surface area contributed by atoms with E-state index in [1.54, 1.807) is 7.11 Å². The van der Waals surface area contributed by atoms with E-state index >= 15 is 0 Å². The number of methoxy groups -OCH3 is 1. The van der Waals surface area contributed by atoms with E-state index in [-0.39, 0.29) is 5.84 Å². The van der Waals surface area contributed by atoms with Crippen molar-refractivity contribution in [2.45, 2.75) is 19.3 Å². The number of halogens is 2. The smallest absolute Gasteiger partial charge is 0.262 e. The number of rotatable bonds is 12. The molecule has 0 saturated heterocycles. The summed E-state index contributed by atoms with van der Waals surface area (Å²) >= 11 is 0. The van der Waals surface area contributed by atoms with Crippen molar-refractivity contribution in [3.63, 3.8) is 0 Å². The van der Waals surface area contributed by atoms with Gasteiger partial charge in [-0.15, -0.1) is 0 Å². The Hall–Kier alpha value is -4.20. The van der Waals surface area contributed by atoms with Crippen molar-refractivity contribution in [2.24, 2.45) is 0 Å². The summed E-state index contributed by atoms with van der Waals surface area (Å²) in [5.74, 6) is -1.59. The van der Waals surface area contributed by atoms with Crippen LogP contribution in [-0.4, -0.2) is 32.0 Å². The molecule has 0 aliphatic carbocycles. The van der Waals surface area contributed by atoms with Gasteiger partial charge < -0.3 is 20.1 Å². The molecule has 36 heavy (non-hydrogen) atoms. The third kappa shape index (κ3) is 8.23. The maximum absolute atomic E-state index is 13.6. The lowest BCUT2D eigenvalue weighted by Gasteiger charge is -2.08. The Morgan fingerprint density at radius 2 is 1.53 bits per heavy atom. The van der Waals surface area contributed by atoms with Crippen LogP contribution in [0, 0.1) is 17.0 Å². The predicted molar refractivity (Wildman–Crippen MR) is 136 cm³/mol. The number of hydrogen-bond acceptors (Lipinski definition) is 5. The summed E-state index contributed by atoms with van der Waals surface area (Å²) in [7, 11) is 1.65. The maximum atomic E-state index is 13.6. The van der Waals surface area contributed by atoms with Crippen molar-refractivity contribution in [3.05, 3.63) is 107 Å². The van der Waals surface area contributed by atoms with Gasteiger partial charge in [-0.05, 0) is 72.9 Å². The number of ether oxygens (including phenoxy) is 2. The van der Waals surface area contributed by atoms with Crippen molar-refractivity contribution in [1.82, 2.24) is 10.6 Å². The Balaban J connectivity index is 1.32. The van der Waals surface area contributed by atoms with Crippen LogP contribution in [0.3, 0.4) is 0 Å². The zero-order valence-corrected chi connectivity index (χ0v) is 20.0. The fourth-order valence-corrected chi connectivity index (χ4v) is 3.39. The second-order valence-electron chi connectivity index (χ2n) is 7.95. The largest absolute Gasteiger partial charge is 0.497 e. The van der Waals surface area contributed by atoms with E-state index in [2.05, 4.69) is 22.8 Å². The molecule has 1 amide bonds.